The van der Waals surface area contributed by atoms with Gasteiger partial charge in [-0.05, 0) is 60.4 Å². The van der Waals surface area contributed by atoms with Gasteiger partial charge >= 0.3 is 0 Å². The Hall–Kier alpha value is -4.22. The quantitative estimate of drug-likeness (QED) is 0.482. The predicted molar refractivity (Wildman–Crippen MR) is 127 cm³/mol. The monoisotopic (exact) mass is 450 g/mol. The Morgan fingerprint density at radius 1 is 1.09 bits per heavy atom. The summed E-state index contributed by atoms with van der Waals surface area (Å²) in [7, 11) is 0. The fourth-order valence-electron chi connectivity index (χ4n) is 4.37. The van der Waals surface area contributed by atoms with Gasteiger partial charge in [0.25, 0.3) is 5.91 Å². The number of β-amino-alcohol motifs (C(OH)–C–C–N with tert-alkyl or cyclic N) is 1. The number of carbonyl (C=O) groups excluding carboxylic acids is 1. The Kier molecular flexibility index (Phi) is 4.61. The average Bonchev–Trinajstić information content (AvgIpc) is 3.54. The molecular formula is C26H22N6O2. The van der Waals surface area contributed by atoms with E-state index in [-0.39, 0.29) is 11.3 Å². The van der Waals surface area contributed by atoms with Crippen molar-refractivity contribution in [1.82, 2.24) is 19.5 Å². The van der Waals surface area contributed by atoms with Gasteiger partial charge in [0, 0.05) is 36.1 Å². The number of amides is 1. The number of aromatic nitrogens is 3. The highest BCUT2D eigenvalue weighted by molar-refractivity contribution is 5.95. The zero-order valence-electron chi connectivity index (χ0n) is 18.3. The van der Waals surface area contributed by atoms with E-state index in [1.165, 1.54) is 0 Å². The minimum Gasteiger partial charge on any atom is -0.389 e. The van der Waals surface area contributed by atoms with Crippen LogP contribution in [-0.2, 0) is 5.41 Å². The number of aliphatic hydroxyl groups is 1. The molecule has 0 bridgehead atoms. The highest BCUT2D eigenvalue weighted by Crippen LogP contribution is 2.47. The number of fused-ring (bicyclic) bond motifs is 1. The molecule has 168 valence electrons. The summed E-state index contributed by atoms with van der Waals surface area (Å²) in [5, 5.41) is 26.6. The van der Waals surface area contributed by atoms with Gasteiger partial charge in [0.2, 0.25) is 5.95 Å². The zero-order chi connectivity index (χ0) is 23.3. The zero-order valence-corrected chi connectivity index (χ0v) is 18.3. The van der Waals surface area contributed by atoms with Crippen LogP contribution in [0.2, 0.25) is 0 Å². The van der Waals surface area contributed by atoms with Gasteiger partial charge in [-0.2, -0.15) is 10.2 Å². The van der Waals surface area contributed by atoms with Gasteiger partial charge in [-0.3, -0.25) is 4.79 Å². The molecule has 3 heterocycles. The smallest absolute Gasteiger partial charge is 0.254 e. The van der Waals surface area contributed by atoms with Crippen molar-refractivity contribution in [1.29, 1.82) is 5.26 Å². The van der Waals surface area contributed by atoms with Crippen molar-refractivity contribution in [2.24, 2.45) is 0 Å². The van der Waals surface area contributed by atoms with Crippen LogP contribution in [0.15, 0.2) is 66.9 Å². The lowest BCUT2D eigenvalue weighted by Crippen LogP contribution is -2.53. The topological polar surface area (TPSA) is 107 Å². The van der Waals surface area contributed by atoms with Gasteiger partial charge in [0.05, 0.1) is 17.6 Å². The van der Waals surface area contributed by atoms with E-state index < -0.39 is 6.10 Å². The first-order valence-corrected chi connectivity index (χ1v) is 11.3. The summed E-state index contributed by atoms with van der Waals surface area (Å²) in [4.78, 5) is 18.7. The molecule has 2 aliphatic rings. The third kappa shape index (κ3) is 3.47. The number of benzene rings is 2. The number of nitrogens with zero attached hydrogens (tertiary/aromatic N) is 5. The van der Waals surface area contributed by atoms with Gasteiger partial charge in [0.1, 0.15) is 0 Å². The van der Waals surface area contributed by atoms with Gasteiger partial charge in [0.15, 0.2) is 5.65 Å². The number of rotatable bonds is 5. The molecule has 34 heavy (non-hydrogen) atoms. The number of carbonyl (C=O) groups is 1. The Balaban J connectivity index is 1.22. The van der Waals surface area contributed by atoms with Crippen LogP contribution in [-0.4, -0.2) is 49.7 Å². The van der Waals surface area contributed by atoms with Crippen LogP contribution in [0.5, 0.6) is 0 Å². The molecule has 1 aliphatic carbocycles. The van der Waals surface area contributed by atoms with Crippen LogP contribution in [0.25, 0.3) is 16.8 Å². The first-order valence-electron chi connectivity index (χ1n) is 11.3. The van der Waals surface area contributed by atoms with Crippen LogP contribution in [0.3, 0.4) is 0 Å². The lowest BCUT2D eigenvalue weighted by atomic mass is 9.95. The summed E-state index contributed by atoms with van der Waals surface area (Å²) < 4.78 is 1.73. The molecular weight excluding hydrogens is 428 g/mol. The van der Waals surface area contributed by atoms with Crippen molar-refractivity contribution < 1.29 is 9.90 Å². The maximum Gasteiger partial charge on any atom is 0.254 e. The van der Waals surface area contributed by atoms with Gasteiger partial charge in [-0.1, -0.05) is 24.3 Å². The molecule has 0 spiro atoms. The molecule has 0 radical (unpaired) electrons. The Morgan fingerprint density at radius 2 is 1.82 bits per heavy atom. The van der Waals surface area contributed by atoms with Crippen molar-refractivity contribution in [2.45, 2.75) is 24.4 Å². The lowest BCUT2D eigenvalue weighted by Gasteiger charge is -2.35. The summed E-state index contributed by atoms with van der Waals surface area (Å²) in [5.41, 5.74) is 4.82. The van der Waals surface area contributed by atoms with Crippen LogP contribution >= 0.6 is 0 Å². The Morgan fingerprint density at radius 3 is 2.47 bits per heavy atom. The molecule has 0 atom stereocenters. The minimum absolute atomic E-state index is 0.0826. The SMILES string of the molecule is N#CC1(c2ccc(-c3cccn4nc(Nc5ccc(C(=O)N6CC(O)C6)cc5)nc34)cc2)CC1. The number of anilines is 2. The van der Waals surface area contributed by atoms with E-state index in [4.69, 9.17) is 0 Å². The number of hydrogen-bond acceptors (Lipinski definition) is 6. The standard InChI is InChI=1S/C26H22N6O2/c27-16-26(11-12-26)19-7-3-17(4-8-19)22-2-1-13-32-23(22)29-25(30-32)28-20-9-5-18(6-10-20)24(34)31-14-21(33)15-31/h1-10,13,21,33H,11-12,14-15H2,(H,28,30). The lowest BCUT2D eigenvalue weighted by molar-refractivity contribution is 0.00590. The van der Waals surface area contributed by atoms with E-state index in [0.29, 0.717) is 24.6 Å². The number of nitrogens with one attached hydrogen (secondary N) is 1. The van der Waals surface area contributed by atoms with E-state index in [1.54, 1.807) is 21.5 Å². The number of likely N-dealkylation sites (tertiary alicyclic amines) is 1. The number of nitriles is 1. The second-order valence-corrected chi connectivity index (χ2v) is 8.96. The van der Waals surface area contributed by atoms with E-state index in [0.717, 1.165) is 40.9 Å². The highest BCUT2D eigenvalue weighted by Gasteiger charge is 2.44. The molecule has 2 aromatic heterocycles. The Bertz CT molecular complexity index is 1430. The van der Waals surface area contributed by atoms with E-state index in [9.17, 15) is 15.2 Å². The third-order valence-electron chi connectivity index (χ3n) is 6.61. The van der Waals surface area contributed by atoms with Crippen LogP contribution in [0.1, 0.15) is 28.8 Å². The summed E-state index contributed by atoms with van der Waals surface area (Å²) in [6.07, 6.45) is 3.28. The largest absolute Gasteiger partial charge is 0.389 e. The highest BCUT2D eigenvalue weighted by atomic mass is 16.3. The predicted octanol–water partition coefficient (Wildman–Crippen LogP) is 3.51. The molecule has 0 unspecified atom stereocenters. The summed E-state index contributed by atoms with van der Waals surface area (Å²) >= 11 is 0. The molecule has 2 aromatic carbocycles. The fraction of sp³-hybridized carbons (Fsp3) is 0.231. The fourth-order valence-corrected chi connectivity index (χ4v) is 4.37. The van der Waals surface area contributed by atoms with Gasteiger partial charge in [-0.15, -0.1) is 5.10 Å². The second-order valence-electron chi connectivity index (χ2n) is 8.96. The molecule has 1 saturated carbocycles. The summed E-state index contributed by atoms with van der Waals surface area (Å²) in [6.45, 7) is 0.766. The molecule has 2 fully saturated rings. The minimum atomic E-state index is -0.416. The molecule has 8 heteroatoms. The molecule has 1 saturated heterocycles. The van der Waals surface area contributed by atoms with Crippen LogP contribution in [0, 0.1) is 11.3 Å². The second kappa shape index (κ2) is 7.68. The van der Waals surface area contributed by atoms with E-state index in [1.807, 2.05) is 54.7 Å². The van der Waals surface area contributed by atoms with Gasteiger partial charge < -0.3 is 15.3 Å². The maximum atomic E-state index is 12.4. The molecule has 4 aromatic rings. The number of pyridine rings is 1. The van der Waals surface area contributed by atoms with E-state index >= 15 is 0 Å². The maximum absolute atomic E-state index is 12.4. The normalized spacial score (nSPS) is 16.6. The van der Waals surface area contributed by atoms with Crippen molar-refractivity contribution in [3.63, 3.8) is 0 Å². The van der Waals surface area contributed by atoms with E-state index in [2.05, 4.69) is 21.5 Å². The molecule has 1 aliphatic heterocycles. The molecule has 2 N–H and O–H groups in total. The van der Waals surface area contributed by atoms with Crippen molar-refractivity contribution in [3.05, 3.63) is 78.0 Å². The first-order chi connectivity index (χ1) is 16.5. The van der Waals surface area contributed by atoms with Crippen molar-refractivity contribution >= 4 is 23.2 Å². The summed E-state index contributed by atoms with van der Waals surface area (Å²) in [6, 6.07) is 21.7. The van der Waals surface area contributed by atoms with Crippen LogP contribution < -0.4 is 5.32 Å². The first kappa shape index (κ1) is 20.4. The van der Waals surface area contributed by atoms with Crippen LogP contribution in [0.4, 0.5) is 11.6 Å². The molecule has 1 amide bonds. The van der Waals surface area contributed by atoms with Gasteiger partial charge in [-0.25, -0.2) is 4.52 Å². The molecule has 6 rings (SSSR count). The third-order valence-corrected chi connectivity index (χ3v) is 6.61. The average molecular weight is 451 g/mol. The van der Waals surface area contributed by atoms with Crippen molar-refractivity contribution in [3.8, 4) is 17.2 Å². The summed E-state index contributed by atoms with van der Waals surface area (Å²) in [5.74, 6) is 0.371. The number of hydrogen-bond donors (Lipinski definition) is 2. The number of aliphatic hydroxyl groups excluding tert-OH is 1. The Labute approximate surface area is 196 Å². The molecule has 8 nitrogen and oxygen atoms in total. The van der Waals surface area contributed by atoms with Crippen molar-refractivity contribution in [2.75, 3.05) is 18.4 Å².